The minimum Gasteiger partial charge on any atom is -0.481 e. The summed E-state index contributed by atoms with van der Waals surface area (Å²) in [5.74, 6) is -1.37. The lowest BCUT2D eigenvalue weighted by molar-refractivity contribution is -0.137. The maximum absolute atomic E-state index is 12.2. The molecule has 2 rings (SSSR count). The smallest absolute Gasteiger partial charge is 0.303 e. The fraction of sp³-hybridized carbons (Fsp3) is 0.455. The number of hydrogen-bond donors (Lipinski definition) is 3. The van der Waals surface area contributed by atoms with Crippen molar-refractivity contribution in [1.29, 1.82) is 0 Å². The van der Waals surface area contributed by atoms with Gasteiger partial charge < -0.3 is 15.3 Å². The van der Waals surface area contributed by atoms with Crippen LogP contribution in [0.3, 0.4) is 0 Å². The molecule has 0 radical (unpaired) electrons. The SMILES string of the molecule is O=C(O)CCC/C=C\C[C@H]1C(=O)C[C@@H](O)[C@@H]1/C=C/[C@@H](O)Cc1ccccc1. The summed E-state index contributed by atoms with van der Waals surface area (Å²) < 4.78 is 0. The number of rotatable bonds is 10. The van der Waals surface area contributed by atoms with Gasteiger partial charge in [0.15, 0.2) is 0 Å². The molecule has 4 atom stereocenters. The second-order valence-electron chi connectivity index (χ2n) is 7.06. The molecule has 1 saturated carbocycles. The van der Waals surface area contributed by atoms with Gasteiger partial charge in [0.1, 0.15) is 5.78 Å². The lowest BCUT2D eigenvalue weighted by atomic mass is 9.90. The first-order chi connectivity index (χ1) is 13.0. The van der Waals surface area contributed by atoms with Crippen LogP contribution in [0.15, 0.2) is 54.6 Å². The number of aliphatic carboxylic acids is 1. The number of aliphatic hydroxyl groups excluding tert-OH is 2. The molecule has 0 aliphatic heterocycles. The summed E-state index contributed by atoms with van der Waals surface area (Å²) in [5, 5.41) is 29.0. The molecule has 1 aromatic rings. The van der Waals surface area contributed by atoms with Crippen molar-refractivity contribution in [3.05, 3.63) is 60.2 Å². The average Bonchev–Trinajstić information content (AvgIpc) is 2.89. The number of carboxylic acids is 1. The lowest BCUT2D eigenvalue weighted by Crippen LogP contribution is -2.19. The van der Waals surface area contributed by atoms with Crippen molar-refractivity contribution in [1.82, 2.24) is 0 Å². The van der Waals surface area contributed by atoms with Crippen LogP contribution in [0.1, 0.15) is 37.7 Å². The predicted octanol–water partition coefficient (Wildman–Crippen LogP) is 2.91. The second kappa shape index (κ2) is 10.8. The standard InChI is InChI=1S/C22H28O5/c23-17(14-16-8-4-3-5-9-16)12-13-19-18(20(24)15-21(19)25)10-6-1-2-7-11-22(26)27/h1,3-6,8-9,12-13,17-19,21,23,25H,2,7,10-11,14-15H2,(H,26,27)/b6-1-,13-12+/t17-,18-,19-,21-/m1/s1. The molecule has 0 unspecified atom stereocenters. The van der Waals surface area contributed by atoms with Gasteiger partial charge in [-0.1, -0.05) is 54.6 Å². The summed E-state index contributed by atoms with van der Waals surface area (Å²) >= 11 is 0. The third-order valence-corrected chi connectivity index (χ3v) is 4.89. The molecule has 0 bridgehead atoms. The van der Waals surface area contributed by atoms with Crippen LogP contribution in [0, 0.1) is 11.8 Å². The van der Waals surface area contributed by atoms with Gasteiger partial charge in [-0.05, 0) is 24.8 Å². The van der Waals surface area contributed by atoms with Gasteiger partial charge in [-0.3, -0.25) is 9.59 Å². The van der Waals surface area contributed by atoms with E-state index in [9.17, 15) is 19.8 Å². The van der Waals surface area contributed by atoms with Crippen LogP contribution in [0.25, 0.3) is 0 Å². The molecule has 0 heterocycles. The number of carboxylic acid groups (broad SMARTS) is 1. The van der Waals surface area contributed by atoms with Crippen molar-refractivity contribution in [2.24, 2.45) is 11.8 Å². The van der Waals surface area contributed by atoms with Gasteiger partial charge >= 0.3 is 5.97 Å². The highest BCUT2D eigenvalue weighted by Crippen LogP contribution is 2.33. The number of Topliss-reactive ketones (excluding diaryl/α,β-unsaturated/α-hetero) is 1. The first kappa shape index (κ1) is 21.1. The van der Waals surface area contributed by atoms with E-state index in [1.807, 2.05) is 42.5 Å². The first-order valence-corrected chi connectivity index (χ1v) is 9.45. The third-order valence-electron chi connectivity index (χ3n) is 4.89. The number of allylic oxidation sites excluding steroid dienone is 2. The van der Waals surface area contributed by atoms with Crippen LogP contribution in [0.2, 0.25) is 0 Å². The van der Waals surface area contributed by atoms with Gasteiger partial charge in [0.2, 0.25) is 0 Å². The maximum atomic E-state index is 12.2. The Bertz CT molecular complexity index is 665. The molecule has 0 amide bonds. The summed E-state index contributed by atoms with van der Waals surface area (Å²) in [6, 6.07) is 9.66. The zero-order chi connectivity index (χ0) is 19.6. The Morgan fingerprint density at radius 2 is 1.96 bits per heavy atom. The maximum Gasteiger partial charge on any atom is 0.303 e. The highest BCUT2D eigenvalue weighted by atomic mass is 16.4. The molecule has 5 heteroatoms. The summed E-state index contributed by atoms with van der Waals surface area (Å²) in [6.45, 7) is 0. The molecule has 27 heavy (non-hydrogen) atoms. The monoisotopic (exact) mass is 372 g/mol. The molecular formula is C22H28O5. The zero-order valence-corrected chi connectivity index (χ0v) is 15.4. The van der Waals surface area contributed by atoms with Gasteiger partial charge in [-0.15, -0.1) is 0 Å². The Kier molecular flexibility index (Phi) is 8.43. The summed E-state index contributed by atoms with van der Waals surface area (Å²) in [7, 11) is 0. The van der Waals surface area contributed by atoms with Gasteiger partial charge in [0.05, 0.1) is 12.2 Å². The van der Waals surface area contributed by atoms with Crippen molar-refractivity contribution in [2.45, 2.75) is 50.7 Å². The van der Waals surface area contributed by atoms with E-state index < -0.39 is 18.2 Å². The summed E-state index contributed by atoms with van der Waals surface area (Å²) in [5.41, 5.74) is 1.03. The van der Waals surface area contributed by atoms with Gasteiger partial charge in [-0.25, -0.2) is 0 Å². The lowest BCUT2D eigenvalue weighted by Gasteiger charge is -2.16. The van der Waals surface area contributed by atoms with Crippen LogP contribution in [-0.4, -0.2) is 39.3 Å². The van der Waals surface area contributed by atoms with Crippen molar-refractivity contribution in [2.75, 3.05) is 0 Å². The fourth-order valence-corrected chi connectivity index (χ4v) is 3.44. The molecule has 1 fully saturated rings. The largest absolute Gasteiger partial charge is 0.481 e. The number of carbonyl (C=O) groups excluding carboxylic acids is 1. The number of hydrogen-bond acceptors (Lipinski definition) is 4. The number of carbonyl (C=O) groups is 2. The van der Waals surface area contributed by atoms with Crippen molar-refractivity contribution < 1.29 is 24.9 Å². The molecule has 1 aromatic carbocycles. The van der Waals surface area contributed by atoms with Crippen LogP contribution in [0.5, 0.6) is 0 Å². The zero-order valence-electron chi connectivity index (χ0n) is 15.4. The Hall–Kier alpha value is -2.24. The predicted molar refractivity (Wildman–Crippen MR) is 103 cm³/mol. The third kappa shape index (κ3) is 7.12. The Morgan fingerprint density at radius 1 is 1.22 bits per heavy atom. The van der Waals surface area contributed by atoms with E-state index in [0.29, 0.717) is 25.7 Å². The van der Waals surface area contributed by atoms with Gasteiger partial charge in [-0.2, -0.15) is 0 Å². The topological polar surface area (TPSA) is 94.8 Å². The van der Waals surface area contributed by atoms with Crippen molar-refractivity contribution in [3.8, 4) is 0 Å². The van der Waals surface area contributed by atoms with E-state index in [-0.39, 0.29) is 30.5 Å². The number of benzene rings is 1. The quantitative estimate of drug-likeness (QED) is 0.434. The van der Waals surface area contributed by atoms with E-state index in [4.69, 9.17) is 5.11 Å². The van der Waals surface area contributed by atoms with E-state index in [1.54, 1.807) is 12.2 Å². The molecule has 1 aliphatic carbocycles. The highest BCUT2D eigenvalue weighted by molar-refractivity contribution is 5.84. The molecule has 3 N–H and O–H groups in total. The molecule has 1 aliphatic rings. The fourth-order valence-electron chi connectivity index (χ4n) is 3.44. The average molecular weight is 372 g/mol. The highest BCUT2D eigenvalue weighted by Gasteiger charge is 2.39. The van der Waals surface area contributed by atoms with Crippen LogP contribution in [0.4, 0.5) is 0 Å². The second-order valence-corrected chi connectivity index (χ2v) is 7.06. The van der Waals surface area contributed by atoms with Crippen molar-refractivity contribution >= 4 is 11.8 Å². The number of unbranched alkanes of at least 4 members (excludes halogenated alkanes) is 1. The van der Waals surface area contributed by atoms with E-state index in [1.165, 1.54) is 0 Å². The number of aliphatic hydroxyl groups is 2. The van der Waals surface area contributed by atoms with Crippen LogP contribution < -0.4 is 0 Å². The first-order valence-electron chi connectivity index (χ1n) is 9.45. The van der Waals surface area contributed by atoms with Crippen molar-refractivity contribution in [3.63, 3.8) is 0 Å². The molecule has 0 saturated heterocycles. The molecule has 146 valence electrons. The van der Waals surface area contributed by atoms with Gasteiger partial charge in [0.25, 0.3) is 0 Å². The van der Waals surface area contributed by atoms with E-state index >= 15 is 0 Å². The Balaban J connectivity index is 1.87. The van der Waals surface area contributed by atoms with Crippen LogP contribution >= 0.6 is 0 Å². The minimum absolute atomic E-state index is 0.0323. The van der Waals surface area contributed by atoms with Crippen LogP contribution in [-0.2, 0) is 16.0 Å². The normalized spacial score (nSPS) is 24.1. The molecular weight excluding hydrogens is 344 g/mol. The minimum atomic E-state index is -0.809. The summed E-state index contributed by atoms with van der Waals surface area (Å²) in [6.07, 6.45) is 8.36. The Labute approximate surface area is 160 Å². The molecule has 0 spiro atoms. The summed E-state index contributed by atoms with van der Waals surface area (Å²) in [4.78, 5) is 22.7. The molecule has 5 nitrogen and oxygen atoms in total. The van der Waals surface area contributed by atoms with E-state index in [2.05, 4.69) is 0 Å². The number of ketones is 1. The van der Waals surface area contributed by atoms with E-state index in [0.717, 1.165) is 5.56 Å². The Morgan fingerprint density at radius 3 is 2.67 bits per heavy atom. The molecule has 0 aromatic heterocycles. The van der Waals surface area contributed by atoms with Gasteiger partial charge in [0, 0.05) is 31.1 Å².